The summed E-state index contributed by atoms with van der Waals surface area (Å²) < 4.78 is 80.5. The average Bonchev–Trinajstić information content (AvgIpc) is 2.13. The molecule has 0 N–H and O–H groups in total. The summed E-state index contributed by atoms with van der Waals surface area (Å²) in [5.74, 6) is -1.53. The third kappa shape index (κ3) is 3.72. The van der Waals surface area contributed by atoms with Gasteiger partial charge in [-0.3, -0.25) is 0 Å². The number of ether oxygens (including phenoxy) is 2. The minimum absolute atomic E-state index is 0.228. The van der Waals surface area contributed by atoms with Gasteiger partial charge >= 0.3 is 12.5 Å². The second-order valence-electron chi connectivity index (χ2n) is 2.91. The van der Waals surface area contributed by atoms with Crippen molar-refractivity contribution >= 4 is 0 Å². The highest BCUT2D eigenvalue weighted by molar-refractivity contribution is 5.42. The van der Waals surface area contributed by atoms with Gasteiger partial charge in [0.05, 0.1) is 7.11 Å². The highest BCUT2D eigenvalue weighted by atomic mass is 19.4. The first-order valence-electron chi connectivity index (χ1n) is 4.14. The normalized spacial score (nSPS) is 12.4. The Morgan fingerprint density at radius 1 is 1.00 bits per heavy atom. The van der Waals surface area contributed by atoms with Crippen molar-refractivity contribution in [3.63, 3.8) is 0 Å². The van der Waals surface area contributed by atoms with Crippen molar-refractivity contribution in [3.05, 3.63) is 23.8 Å². The summed E-state index contributed by atoms with van der Waals surface area (Å²) in [5.41, 5.74) is -1.33. The van der Waals surface area contributed by atoms with Crippen LogP contribution < -0.4 is 9.47 Å². The summed E-state index contributed by atoms with van der Waals surface area (Å²) in [5, 5.41) is 0. The highest BCUT2D eigenvalue weighted by Crippen LogP contribution is 2.39. The Labute approximate surface area is 91.7 Å². The molecule has 2 nitrogen and oxygen atoms in total. The van der Waals surface area contributed by atoms with Crippen molar-refractivity contribution in [2.75, 3.05) is 7.11 Å². The summed E-state index contributed by atoms with van der Waals surface area (Å²) >= 11 is 0. The lowest BCUT2D eigenvalue weighted by molar-refractivity contribution is -0.274. The summed E-state index contributed by atoms with van der Waals surface area (Å²) in [6, 6.07) is 1.72. The van der Waals surface area contributed by atoms with Crippen LogP contribution in [0.3, 0.4) is 0 Å². The third-order valence-electron chi connectivity index (χ3n) is 1.71. The molecule has 0 bridgehead atoms. The first-order valence-corrected chi connectivity index (χ1v) is 4.14. The van der Waals surface area contributed by atoms with Crippen molar-refractivity contribution in [1.82, 2.24) is 0 Å². The van der Waals surface area contributed by atoms with Gasteiger partial charge in [-0.15, -0.1) is 13.2 Å². The quantitative estimate of drug-likeness (QED) is 0.756. The Morgan fingerprint density at radius 2 is 1.59 bits per heavy atom. The lowest BCUT2D eigenvalue weighted by Crippen LogP contribution is -2.18. The fourth-order valence-corrected chi connectivity index (χ4v) is 1.11. The summed E-state index contributed by atoms with van der Waals surface area (Å²) in [4.78, 5) is 0. The molecule has 96 valence electrons. The fourth-order valence-electron chi connectivity index (χ4n) is 1.11. The monoisotopic (exact) mass is 260 g/mol. The van der Waals surface area contributed by atoms with E-state index in [0.29, 0.717) is 0 Å². The molecule has 0 heterocycles. The molecule has 0 aromatic heterocycles. The summed E-state index contributed by atoms with van der Waals surface area (Å²) in [7, 11) is 0.981. The van der Waals surface area contributed by atoms with E-state index in [2.05, 4.69) is 9.47 Å². The summed E-state index contributed by atoms with van der Waals surface area (Å²) in [6.07, 6.45) is -9.87. The van der Waals surface area contributed by atoms with Crippen molar-refractivity contribution in [1.29, 1.82) is 0 Å². The minimum Gasteiger partial charge on any atom is -0.496 e. The van der Waals surface area contributed by atoms with Gasteiger partial charge < -0.3 is 9.47 Å². The number of rotatable bonds is 2. The number of hydrogen-bond acceptors (Lipinski definition) is 2. The molecule has 1 rings (SSSR count). The van der Waals surface area contributed by atoms with Crippen LogP contribution in [0.4, 0.5) is 26.3 Å². The second kappa shape index (κ2) is 4.34. The molecule has 0 saturated heterocycles. The Morgan fingerprint density at radius 3 is 2.00 bits per heavy atom. The SMILES string of the molecule is COc1ccc(OC(F)(F)F)cc1C(F)(F)F. The fraction of sp³-hybridized carbons (Fsp3) is 0.333. The molecule has 0 saturated carbocycles. The topological polar surface area (TPSA) is 18.5 Å². The average molecular weight is 260 g/mol. The van der Waals surface area contributed by atoms with Gasteiger partial charge in [0.25, 0.3) is 0 Å². The van der Waals surface area contributed by atoms with Gasteiger partial charge in [0.2, 0.25) is 0 Å². The van der Waals surface area contributed by atoms with Gasteiger partial charge in [0.1, 0.15) is 17.1 Å². The lowest BCUT2D eigenvalue weighted by atomic mass is 10.2. The third-order valence-corrected chi connectivity index (χ3v) is 1.71. The van der Waals surface area contributed by atoms with Crippen molar-refractivity contribution in [3.8, 4) is 11.5 Å². The first kappa shape index (κ1) is 13.5. The number of halogens is 6. The molecule has 0 fully saturated rings. The van der Waals surface area contributed by atoms with Crippen LogP contribution in [0.15, 0.2) is 18.2 Å². The van der Waals surface area contributed by atoms with Gasteiger partial charge in [-0.25, -0.2) is 0 Å². The zero-order chi connectivity index (χ0) is 13.3. The zero-order valence-corrected chi connectivity index (χ0v) is 8.32. The van der Waals surface area contributed by atoms with Crippen molar-refractivity contribution < 1.29 is 35.8 Å². The largest absolute Gasteiger partial charge is 0.573 e. The van der Waals surface area contributed by atoms with Gasteiger partial charge in [-0.2, -0.15) is 13.2 Å². The predicted octanol–water partition coefficient (Wildman–Crippen LogP) is 3.61. The molecule has 0 unspecified atom stereocenters. The van der Waals surface area contributed by atoms with E-state index in [1.54, 1.807) is 0 Å². The molecule has 0 spiro atoms. The van der Waals surface area contributed by atoms with Gasteiger partial charge in [0.15, 0.2) is 0 Å². The van der Waals surface area contributed by atoms with E-state index >= 15 is 0 Å². The Hall–Kier alpha value is -1.60. The Bertz CT molecular complexity index is 395. The maximum absolute atomic E-state index is 12.4. The van der Waals surface area contributed by atoms with Crippen LogP contribution >= 0.6 is 0 Å². The number of benzene rings is 1. The Balaban J connectivity index is 3.14. The van der Waals surface area contributed by atoms with Gasteiger partial charge in [-0.05, 0) is 18.2 Å². The molecule has 0 atom stereocenters. The molecule has 1 aromatic rings. The smallest absolute Gasteiger partial charge is 0.496 e. The van der Waals surface area contributed by atoms with Crippen LogP contribution in [0.1, 0.15) is 5.56 Å². The molecule has 1 aromatic carbocycles. The second-order valence-corrected chi connectivity index (χ2v) is 2.91. The number of methoxy groups -OCH3 is 1. The highest BCUT2D eigenvalue weighted by Gasteiger charge is 2.36. The lowest BCUT2D eigenvalue weighted by Gasteiger charge is -2.14. The zero-order valence-electron chi connectivity index (χ0n) is 8.32. The maximum atomic E-state index is 12.4. The van der Waals surface area contributed by atoms with Crippen molar-refractivity contribution in [2.24, 2.45) is 0 Å². The van der Waals surface area contributed by atoms with E-state index in [-0.39, 0.29) is 6.07 Å². The molecular formula is C9H6F6O2. The van der Waals surface area contributed by atoms with Crippen LogP contribution in [0.25, 0.3) is 0 Å². The molecule has 8 heteroatoms. The molecule has 0 amide bonds. The molecule has 0 aliphatic heterocycles. The van der Waals surface area contributed by atoms with Crippen LogP contribution in [0.2, 0.25) is 0 Å². The van der Waals surface area contributed by atoms with E-state index in [0.717, 1.165) is 19.2 Å². The molecular weight excluding hydrogens is 254 g/mol. The molecule has 0 radical (unpaired) electrons. The summed E-state index contributed by atoms with van der Waals surface area (Å²) in [6.45, 7) is 0. The molecule has 0 aliphatic rings. The van der Waals surface area contributed by atoms with E-state index in [9.17, 15) is 26.3 Å². The van der Waals surface area contributed by atoms with Crippen molar-refractivity contribution in [2.45, 2.75) is 12.5 Å². The molecule has 0 aliphatic carbocycles. The van der Waals surface area contributed by atoms with E-state index in [1.165, 1.54) is 0 Å². The van der Waals surface area contributed by atoms with E-state index < -0.39 is 29.6 Å². The van der Waals surface area contributed by atoms with Crippen LogP contribution in [0.5, 0.6) is 11.5 Å². The first-order chi connectivity index (χ1) is 7.63. The maximum Gasteiger partial charge on any atom is 0.573 e. The van der Waals surface area contributed by atoms with E-state index in [1.807, 2.05) is 0 Å². The van der Waals surface area contributed by atoms with Crippen LogP contribution in [-0.4, -0.2) is 13.5 Å². The van der Waals surface area contributed by atoms with E-state index in [4.69, 9.17) is 0 Å². The number of alkyl halides is 6. The Kier molecular flexibility index (Phi) is 3.44. The van der Waals surface area contributed by atoms with Gasteiger partial charge in [-0.1, -0.05) is 0 Å². The van der Waals surface area contributed by atoms with Crippen LogP contribution in [-0.2, 0) is 6.18 Å². The standard InChI is InChI=1S/C9H6F6O2/c1-16-7-3-2-5(17-9(13,14)15)4-6(7)8(10,11)12/h2-4H,1H3. The molecule has 17 heavy (non-hydrogen) atoms. The van der Waals surface area contributed by atoms with Crippen LogP contribution in [0, 0.1) is 0 Å². The predicted molar refractivity (Wildman–Crippen MR) is 44.7 cm³/mol. The van der Waals surface area contributed by atoms with Gasteiger partial charge in [0, 0.05) is 0 Å². The number of hydrogen-bond donors (Lipinski definition) is 0. The minimum atomic E-state index is -5.04.